The van der Waals surface area contributed by atoms with Gasteiger partial charge in [-0.3, -0.25) is 0 Å². The molecule has 0 amide bonds. The Labute approximate surface area is 203 Å². The number of benzene rings is 2. The fourth-order valence-corrected chi connectivity index (χ4v) is 4.58. The highest BCUT2D eigenvalue weighted by atomic mass is 32.1. The van der Waals surface area contributed by atoms with Crippen LogP contribution in [0.1, 0.15) is 55.9 Å². The van der Waals surface area contributed by atoms with Gasteiger partial charge in [0, 0.05) is 16.5 Å². The molecule has 1 N–H and O–H groups in total. The third-order valence-corrected chi connectivity index (χ3v) is 6.39. The number of carbonyl (C=O) groups is 1. The minimum absolute atomic E-state index is 0.00493. The van der Waals surface area contributed by atoms with Gasteiger partial charge >= 0.3 is 5.97 Å². The van der Waals surface area contributed by atoms with Crippen molar-refractivity contribution in [3.8, 4) is 33.4 Å². The Balaban J connectivity index is 1.74. The number of carboxylic acids is 1. The van der Waals surface area contributed by atoms with Crippen molar-refractivity contribution in [2.75, 3.05) is 6.61 Å². The highest BCUT2D eigenvalue weighted by Gasteiger charge is 2.25. The van der Waals surface area contributed by atoms with Gasteiger partial charge < -0.3 is 9.84 Å². The Hall–Kier alpha value is -3.45. The molecule has 0 unspecified atom stereocenters. The lowest BCUT2D eigenvalue weighted by Gasteiger charge is -2.11. The molecule has 0 spiro atoms. The quantitative estimate of drug-likeness (QED) is 0.221. The Bertz CT molecular complexity index is 1200. The topological polar surface area (TPSA) is 77.2 Å². The molecule has 0 saturated heterocycles. The van der Waals surface area contributed by atoms with Crippen LogP contribution in [0.3, 0.4) is 0 Å². The van der Waals surface area contributed by atoms with E-state index in [9.17, 15) is 9.90 Å². The van der Waals surface area contributed by atoms with Crippen LogP contribution in [0.4, 0.5) is 0 Å². The first kappa shape index (κ1) is 23.7. The van der Waals surface area contributed by atoms with E-state index in [1.165, 1.54) is 42.4 Å². The van der Waals surface area contributed by atoms with E-state index in [0.29, 0.717) is 17.5 Å². The summed E-state index contributed by atoms with van der Waals surface area (Å²) in [6.07, 6.45) is 7.08. The average Bonchev–Trinajstić information content (AvgIpc) is 3.50. The maximum Gasteiger partial charge on any atom is 0.355 e. The van der Waals surface area contributed by atoms with E-state index < -0.39 is 5.97 Å². The van der Waals surface area contributed by atoms with Crippen LogP contribution < -0.4 is 4.74 Å². The number of rotatable bonds is 12. The molecule has 176 valence electrons. The summed E-state index contributed by atoms with van der Waals surface area (Å²) in [7, 11) is 0. The lowest BCUT2D eigenvalue weighted by atomic mass is 10.1. The minimum Gasteiger partial charge on any atom is -0.489 e. The SMILES string of the molecule is CCCCCCCCOc1c(-c2ccccc2)nn(-c2nc(C(=O)O)cs2)c1-c1ccccc1. The molecule has 2 heterocycles. The van der Waals surface area contributed by atoms with E-state index in [4.69, 9.17) is 9.84 Å². The van der Waals surface area contributed by atoms with Gasteiger partial charge in [0.15, 0.2) is 11.4 Å². The Kier molecular flexibility index (Phi) is 8.09. The van der Waals surface area contributed by atoms with Crippen LogP contribution in [0.25, 0.3) is 27.6 Å². The van der Waals surface area contributed by atoms with E-state index in [2.05, 4.69) is 11.9 Å². The lowest BCUT2D eigenvalue weighted by molar-refractivity contribution is 0.0691. The van der Waals surface area contributed by atoms with Crippen LogP contribution in [0.5, 0.6) is 5.75 Å². The van der Waals surface area contributed by atoms with Gasteiger partial charge in [-0.2, -0.15) is 5.10 Å². The molecule has 0 aliphatic heterocycles. The number of unbranched alkanes of at least 4 members (excludes halogenated alkanes) is 5. The van der Waals surface area contributed by atoms with Crippen molar-refractivity contribution in [1.29, 1.82) is 0 Å². The second-order valence-electron chi connectivity index (χ2n) is 8.11. The number of hydrogen-bond acceptors (Lipinski definition) is 5. The predicted molar refractivity (Wildman–Crippen MR) is 136 cm³/mol. The molecule has 0 aliphatic rings. The fraction of sp³-hybridized carbons (Fsp3) is 0.296. The molecule has 0 bridgehead atoms. The standard InChI is InChI=1S/C27H29N3O3S/c1-2-3-4-5-6-13-18-33-25-23(20-14-9-7-10-15-20)29-30(24(25)21-16-11-8-12-17-21)27-28-22(19-34-27)26(31)32/h7-12,14-17,19H,2-6,13,18H2,1H3,(H,31,32). The first-order valence-corrected chi connectivity index (χ1v) is 12.6. The van der Waals surface area contributed by atoms with Crippen molar-refractivity contribution in [3.05, 3.63) is 71.7 Å². The van der Waals surface area contributed by atoms with Gasteiger partial charge in [-0.25, -0.2) is 14.5 Å². The molecule has 4 aromatic rings. The second-order valence-corrected chi connectivity index (χ2v) is 8.94. The summed E-state index contributed by atoms with van der Waals surface area (Å²) in [6, 6.07) is 19.8. The zero-order chi connectivity index (χ0) is 23.8. The number of thiazole rings is 1. The van der Waals surface area contributed by atoms with E-state index in [0.717, 1.165) is 35.4 Å². The van der Waals surface area contributed by atoms with Crippen molar-refractivity contribution in [2.45, 2.75) is 45.4 Å². The molecule has 0 atom stereocenters. The number of carboxylic acid groups (broad SMARTS) is 1. The summed E-state index contributed by atoms with van der Waals surface area (Å²) in [4.78, 5) is 15.8. The molecular formula is C27H29N3O3S. The lowest BCUT2D eigenvalue weighted by Crippen LogP contribution is -2.03. The van der Waals surface area contributed by atoms with Crippen LogP contribution in [-0.2, 0) is 0 Å². The molecule has 34 heavy (non-hydrogen) atoms. The number of nitrogens with zero attached hydrogens (tertiary/aromatic N) is 3. The molecule has 0 radical (unpaired) electrons. The Morgan fingerprint density at radius 3 is 2.24 bits per heavy atom. The Morgan fingerprint density at radius 2 is 1.59 bits per heavy atom. The first-order valence-electron chi connectivity index (χ1n) is 11.7. The molecular weight excluding hydrogens is 446 g/mol. The highest BCUT2D eigenvalue weighted by Crippen LogP contribution is 2.41. The zero-order valence-corrected chi connectivity index (χ0v) is 20.1. The summed E-state index contributed by atoms with van der Waals surface area (Å²) in [5, 5.41) is 16.3. The number of ether oxygens (including phenoxy) is 1. The number of aromatic carboxylic acids is 1. The molecule has 4 rings (SSSR count). The summed E-state index contributed by atoms with van der Waals surface area (Å²) < 4.78 is 8.13. The van der Waals surface area contributed by atoms with Gasteiger partial charge in [0.25, 0.3) is 0 Å². The van der Waals surface area contributed by atoms with E-state index in [1.54, 1.807) is 4.68 Å². The fourth-order valence-electron chi connectivity index (χ4n) is 3.83. The van der Waals surface area contributed by atoms with Crippen LogP contribution in [-0.4, -0.2) is 32.4 Å². The van der Waals surface area contributed by atoms with Crippen LogP contribution in [0, 0.1) is 0 Å². The van der Waals surface area contributed by atoms with Gasteiger partial charge in [0.05, 0.1) is 6.61 Å². The smallest absolute Gasteiger partial charge is 0.355 e. The van der Waals surface area contributed by atoms with Gasteiger partial charge in [-0.05, 0) is 6.42 Å². The highest BCUT2D eigenvalue weighted by molar-refractivity contribution is 7.12. The average molecular weight is 476 g/mol. The third kappa shape index (κ3) is 5.54. The normalized spacial score (nSPS) is 11.0. The molecule has 2 aromatic carbocycles. The Morgan fingerprint density at radius 1 is 0.941 bits per heavy atom. The van der Waals surface area contributed by atoms with E-state index in [1.807, 2.05) is 60.7 Å². The van der Waals surface area contributed by atoms with Crippen molar-refractivity contribution >= 4 is 17.3 Å². The summed E-state index contributed by atoms with van der Waals surface area (Å²) in [6.45, 7) is 2.81. The van der Waals surface area contributed by atoms with Crippen molar-refractivity contribution < 1.29 is 14.6 Å². The second kappa shape index (κ2) is 11.6. The van der Waals surface area contributed by atoms with Gasteiger partial charge in [0.2, 0.25) is 5.13 Å². The van der Waals surface area contributed by atoms with Crippen LogP contribution in [0.2, 0.25) is 0 Å². The van der Waals surface area contributed by atoms with Crippen LogP contribution in [0.15, 0.2) is 66.0 Å². The molecule has 7 heteroatoms. The molecule has 0 saturated carbocycles. The maximum atomic E-state index is 11.5. The molecule has 0 aliphatic carbocycles. The predicted octanol–water partition coefficient (Wildman–Crippen LogP) is 7.10. The zero-order valence-electron chi connectivity index (χ0n) is 19.3. The first-order chi connectivity index (χ1) is 16.7. The summed E-state index contributed by atoms with van der Waals surface area (Å²) in [5.41, 5.74) is 3.37. The molecule has 6 nitrogen and oxygen atoms in total. The van der Waals surface area contributed by atoms with E-state index in [-0.39, 0.29) is 5.69 Å². The van der Waals surface area contributed by atoms with Gasteiger partial charge in [-0.1, -0.05) is 99.7 Å². The van der Waals surface area contributed by atoms with E-state index >= 15 is 0 Å². The van der Waals surface area contributed by atoms with Crippen LogP contribution >= 0.6 is 11.3 Å². The number of hydrogen-bond donors (Lipinski definition) is 1. The van der Waals surface area contributed by atoms with Crippen molar-refractivity contribution in [1.82, 2.24) is 14.8 Å². The van der Waals surface area contributed by atoms with Gasteiger partial charge in [0.1, 0.15) is 11.4 Å². The largest absolute Gasteiger partial charge is 0.489 e. The monoisotopic (exact) mass is 475 g/mol. The summed E-state index contributed by atoms with van der Waals surface area (Å²) >= 11 is 1.25. The third-order valence-electron chi connectivity index (χ3n) is 5.57. The molecule has 0 fully saturated rings. The molecule has 2 aromatic heterocycles. The minimum atomic E-state index is -1.06. The van der Waals surface area contributed by atoms with Crippen molar-refractivity contribution in [3.63, 3.8) is 0 Å². The van der Waals surface area contributed by atoms with Gasteiger partial charge in [-0.15, -0.1) is 11.3 Å². The van der Waals surface area contributed by atoms with Crippen molar-refractivity contribution in [2.24, 2.45) is 0 Å². The summed E-state index contributed by atoms with van der Waals surface area (Å²) in [5.74, 6) is -0.364. The number of aromatic nitrogens is 3. The maximum absolute atomic E-state index is 11.5.